The maximum absolute atomic E-state index is 4.63. The van der Waals surface area contributed by atoms with E-state index in [2.05, 4.69) is 67.3 Å². The van der Waals surface area contributed by atoms with E-state index in [0.29, 0.717) is 17.9 Å². The van der Waals surface area contributed by atoms with Gasteiger partial charge in [-0.3, -0.25) is 4.68 Å². The fourth-order valence-electron chi connectivity index (χ4n) is 5.60. The first-order valence-electron chi connectivity index (χ1n) is 9.81. The third kappa shape index (κ3) is 2.28. The molecule has 1 N–H and O–H groups in total. The maximum Gasteiger partial charge on any atom is 0.0628 e. The average Bonchev–Trinajstić information content (AvgIpc) is 3.14. The van der Waals surface area contributed by atoms with Crippen LogP contribution in [-0.4, -0.2) is 39.3 Å². The van der Waals surface area contributed by atoms with Gasteiger partial charge in [0.25, 0.3) is 0 Å². The van der Waals surface area contributed by atoms with Crippen LogP contribution in [0.2, 0.25) is 0 Å². The second-order valence-electron chi connectivity index (χ2n) is 8.48. The molecule has 4 heteroatoms. The molecular weight excluding hydrogens is 320 g/mol. The Morgan fingerprint density at radius 3 is 2.85 bits per heavy atom. The molecule has 0 saturated carbocycles. The van der Waals surface area contributed by atoms with Gasteiger partial charge in [0.15, 0.2) is 0 Å². The van der Waals surface area contributed by atoms with Gasteiger partial charge in [-0.25, -0.2) is 0 Å². The lowest BCUT2D eigenvalue weighted by Gasteiger charge is -2.45. The minimum absolute atomic E-state index is 0.635. The van der Waals surface area contributed by atoms with Crippen LogP contribution in [0.25, 0.3) is 10.9 Å². The summed E-state index contributed by atoms with van der Waals surface area (Å²) in [6.45, 7) is 5.55. The van der Waals surface area contributed by atoms with Crippen molar-refractivity contribution in [2.75, 3.05) is 13.6 Å². The van der Waals surface area contributed by atoms with E-state index in [9.17, 15) is 0 Å². The molecule has 26 heavy (non-hydrogen) atoms. The number of aromatic amines is 1. The van der Waals surface area contributed by atoms with Crippen molar-refractivity contribution in [3.05, 3.63) is 52.5 Å². The largest absolute Gasteiger partial charge is 0.361 e. The maximum atomic E-state index is 4.63. The summed E-state index contributed by atoms with van der Waals surface area (Å²) < 4.78 is 2.04. The van der Waals surface area contributed by atoms with Gasteiger partial charge in [-0.2, -0.15) is 5.10 Å². The van der Waals surface area contributed by atoms with E-state index in [-0.39, 0.29) is 0 Å². The van der Waals surface area contributed by atoms with E-state index in [0.717, 1.165) is 6.42 Å². The van der Waals surface area contributed by atoms with Crippen LogP contribution in [0.1, 0.15) is 40.4 Å². The summed E-state index contributed by atoms with van der Waals surface area (Å²) in [6, 6.07) is 7.44. The van der Waals surface area contributed by atoms with Crippen LogP contribution < -0.4 is 0 Å². The summed E-state index contributed by atoms with van der Waals surface area (Å²) in [6.07, 6.45) is 5.84. The highest BCUT2D eigenvalue weighted by molar-refractivity contribution is 5.88. The first-order chi connectivity index (χ1) is 12.5. The van der Waals surface area contributed by atoms with Crippen molar-refractivity contribution in [3.8, 4) is 0 Å². The van der Waals surface area contributed by atoms with Crippen LogP contribution in [0.4, 0.5) is 0 Å². The molecule has 1 aliphatic heterocycles. The van der Waals surface area contributed by atoms with E-state index in [1.54, 1.807) is 5.56 Å². The molecule has 2 aromatic heterocycles. The Kier molecular flexibility index (Phi) is 3.54. The Bertz CT molecular complexity index is 980. The fourth-order valence-corrected chi connectivity index (χ4v) is 5.60. The summed E-state index contributed by atoms with van der Waals surface area (Å²) in [5, 5.41) is 6.13. The zero-order chi connectivity index (χ0) is 18.0. The summed E-state index contributed by atoms with van der Waals surface area (Å²) in [4.78, 5) is 6.10. The first-order valence-corrected chi connectivity index (χ1v) is 9.81. The lowest BCUT2D eigenvalue weighted by molar-refractivity contribution is 0.111. The molecule has 3 heterocycles. The minimum Gasteiger partial charge on any atom is -0.361 e. The highest BCUT2D eigenvalue weighted by Gasteiger charge is 2.39. The Morgan fingerprint density at radius 1 is 1.23 bits per heavy atom. The van der Waals surface area contributed by atoms with Crippen LogP contribution in [0.5, 0.6) is 0 Å². The van der Waals surface area contributed by atoms with Crippen molar-refractivity contribution in [1.29, 1.82) is 0 Å². The molecule has 1 saturated heterocycles. The Morgan fingerprint density at radius 2 is 2.08 bits per heavy atom. The molecule has 1 fully saturated rings. The number of H-pyrrole nitrogens is 1. The van der Waals surface area contributed by atoms with Crippen molar-refractivity contribution < 1.29 is 0 Å². The summed E-state index contributed by atoms with van der Waals surface area (Å²) in [5.74, 6) is 1.33. The van der Waals surface area contributed by atoms with Gasteiger partial charge in [0.05, 0.1) is 5.69 Å². The molecule has 0 radical (unpaired) electrons. The van der Waals surface area contributed by atoms with Gasteiger partial charge >= 0.3 is 0 Å². The van der Waals surface area contributed by atoms with Crippen LogP contribution in [0, 0.1) is 19.8 Å². The van der Waals surface area contributed by atoms with E-state index in [1.807, 2.05) is 4.68 Å². The summed E-state index contributed by atoms with van der Waals surface area (Å²) in [7, 11) is 4.38. The second kappa shape index (κ2) is 5.71. The normalized spacial score (nSPS) is 25.6. The number of fused-ring (bicyclic) bond motifs is 2. The van der Waals surface area contributed by atoms with E-state index < -0.39 is 0 Å². The Labute approximate surface area is 155 Å². The molecule has 4 nitrogen and oxygen atoms in total. The zero-order valence-electron chi connectivity index (χ0n) is 16.2. The second-order valence-corrected chi connectivity index (χ2v) is 8.48. The number of hydrogen-bond acceptors (Lipinski definition) is 2. The van der Waals surface area contributed by atoms with Crippen LogP contribution in [0.3, 0.4) is 0 Å². The molecular formula is C22H28N4. The molecule has 136 valence electrons. The standard InChI is InChI=1S/C22H28N4/c1-13-18(14(2)26(4)24-13)8-15-9-19-17-6-5-7-20-22(17)16(11-23-20)10-21(19)25(3)12-15/h5-7,11,15,19,21,23H,8-10,12H2,1-4H3/t15?,19-,21-/m1/s1. The van der Waals surface area contributed by atoms with Crippen molar-refractivity contribution in [2.45, 2.75) is 45.1 Å². The van der Waals surface area contributed by atoms with Crippen molar-refractivity contribution in [1.82, 2.24) is 19.7 Å². The number of benzene rings is 1. The van der Waals surface area contributed by atoms with Gasteiger partial charge in [-0.05, 0) is 68.8 Å². The predicted octanol–water partition coefficient (Wildman–Crippen LogP) is 3.72. The SMILES string of the molecule is Cc1nn(C)c(C)c1CC1C[C@@H]2c3cccc4[nH]cc(c34)C[C@H]2N(C)C1. The third-order valence-corrected chi connectivity index (χ3v) is 6.96. The number of aryl methyl sites for hydroxylation is 2. The Balaban J connectivity index is 1.49. The lowest BCUT2D eigenvalue weighted by Crippen LogP contribution is -2.48. The van der Waals surface area contributed by atoms with E-state index in [1.165, 1.54) is 52.8 Å². The minimum atomic E-state index is 0.635. The number of rotatable bonds is 2. The number of nitrogens with one attached hydrogen (secondary N) is 1. The van der Waals surface area contributed by atoms with E-state index in [4.69, 9.17) is 0 Å². The van der Waals surface area contributed by atoms with Crippen LogP contribution >= 0.6 is 0 Å². The van der Waals surface area contributed by atoms with Crippen LogP contribution in [-0.2, 0) is 19.9 Å². The summed E-state index contributed by atoms with van der Waals surface area (Å²) >= 11 is 0. The molecule has 0 amide bonds. The molecule has 1 aromatic carbocycles. The molecule has 3 aromatic rings. The third-order valence-electron chi connectivity index (χ3n) is 6.96. The number of hydrogen-bond donors (Lipinski definition) is 1. The highest BCUT2D eigenvalue weighted by atomic mass is 15.3. The molecule has 5 rings (SSSR count). The molecule has 0 bridgehead atoms. The van der Waals surface area contributed by atoms with Crippen LogP contribution in [0.15, 0.2) is 24.4 Å². The molecule has 1 unspecified atom stereocenters. The zero-order valence-corrected chi connectivity index (χ0v) is 16.2. The van der Waals surface area contributed by atoms with Gasteiger partial charge in [0.1, 0.15) is 0 Å². The number of likely N-dealkylation sites (N-methyl/N-ethyl adjacent to an activating group) is 1. The van der Waals surface area contributed by atoms with Gasteiger partial charge in [0.2, 0.25) is 0 Å². The number of likely N-dealkylation sites (tertiary alicyclic amines) is 1. The predicted molar refractivity (Wildman–Crippen MR) is 106 cm³/mol. The lowest BCUT2D eigenvalue weighted by atomic mass is 9.71. The Hall–Kier alpha value is -2.07. The van der Waals surface area contributed by atoms with Gasteiger partial charge in [0, 0.05) is 48.3 Å². The molecule has 2 aliphatic rings. The average molecular weight is 348 g/mol. The quantitative estimate of drug-likeness (QED) is 0.766. The highest BCUT2D eigenvalue weighted by Crippen LogP contribution is 2.45. The van der Waals surface area contributed by atoms with Gasteiger partial charge in [-0.15, -0.1) is 0 Å². The fraction of sp³-hybridized carbons (Fsp3) is 0.500. The van der Waals surface area contributed by atoms with Crippen molar-refractivity contribution in [3.63, 3.8) is 0 Å². The monoisotopic (exact) mass is 348 g/mol. The smallest absolute Gasteiger partial charge is 0.0628 e. The number of piperidine rings is 1. The molecule has 1 aliphatic carbocycles. The van der Waals surface area contributed by atoms with E-state index >= 15 is 0 Å². The van der Waals surface area contributed by atoms with Gasteiger partial charge in [-0.1, -0.05) is 12.1 Å². The number of nitrogens with zero attached hydrogens (tertiary/aromatic N) is 3. The molecule has 0 spiro atoms. The van der Waals surface area contributed by atoms with Crippen molar-refractivity contribution >= 4 is 10.9 Å². The van der Waals surface area contributed by atoms with Gasteiger partial charge < -0.3 is 9.88 Å². The topological polar surface area (TPSA) is 36.9 Å². The van der Waals surface area contributed by atoms with Crippen molar-refractivity contribution in [2.24, 2.45) is 13.0 Å². The summed E-state index contributed by atoms with van der Waals surface area (Å²) in [5.41, 5.74) is 8.35. The first kappa shape index (κ1) is 16.1. The molecule has 3 atom stereocenters. The number of aromatic nitrogens is 3.